The van der Waals surface area contributed by atoms with Crippen LogP contribution in [0.25, 0.3) is 0 Å². The molecule has 3 nitrogen and oxygen atoms in total. The third kappa shape index (κ3) is 3.16. The highest BCUT2D eigenvalue weighted by atomic mass is 16.1. The van der Waals surface area contributed by atoms with E-state index in [1.165, 1.54) is 19.3 Å². The Morgan fingerprint density at radius 1 is 1.12 bits per heavy atom. The molecule has 0 bridgehead atoms. The van der Waals surface area contributed by atoms with Crippen molar-refractivity contribution >= 4 is 11.5 Å². The van der Waals surface area contributed by atoms with Gasteiger partial charge in [0, 0.05) is 25.6 Å². The van der Waals surface area contributed by atoms with Crippen LogP contribution in [0.15, 0.2) is 35.4 Å². The summed E-state index contributed by atoms with van der Waals surface area (Å²) in [5.41, 5.74) is 1.48. The molecular formula is C14H18N2O. The summed E-state index contributed by atoms with van der Waals surface area (Å²) < 4.78 is 0. The lowest BCUT2D eigenvalue weighted by Crippen LogP contribution is -2.28. The lowest BCUT2D eigenvalue weighted by Gasteiger charge is -2.24. The summed E-state index contributed by atoms with van der Waals surface area (Å²) in [5, 5.41) is 6.53. The number of benzene rings is 1. The van der Waals surface area contributed by atoms with Crippen LogP contribution in [0.2, 0.25) is 0 Å². The van der Waals surface area contributed by atoms with E-state index in [0.29, 0.717) is 5.71 Å². The van der Waals surface area contributed by atoms with Crippen molar-refractivity contribution in [1.82, 2.24) is 5.01 Å². The zero-order valence-corrected chi connectivity index (χ0v) is 10.2. The minimum absolute atomic E-state index is 0.0294. The van der Waals surface area contributed by atoms with Gasteiger partial charge in [-0.15, -0.1) is 0 Å². The van der Waals surface area contributed by atoms with E-state index in [2.05, 4.69) is 5.10 Å². The summed E-state index contributed by atoms with van der Waals surface area (Å²) in [6.45, 7) is 3.50. The van der Waals surface area contributed by atoms with Gasteiger partial charge < -0.3 is 0 Å². The highest BCUT2D eigenvalue weighted by Crippen LogP contribution is 2.11. The summed E-state index contributed by atoms with van der Waals surface area (Å²) in [6, 6.07) is 9.69. The Bertz CT molecular complexity index is 405. The number of ketones is 1. The minimum atomic E-state index is 0.0294. The first-order valence-electron chi connectivity index (χ1n) is 6.17. The highest BCUT2D eigenvalue weighted by molar-refractivity contribution is 6.45. The number of carbonyl (C=O) groups excluding carboxylic acids is 1. The molecule has 0 radical (unpaired) electrons. The second-order valence-corrected chi connectivity index (χ2v) is 4.39. The van der Waals surface area contributed by atoms with E-state index in [0.717, 1.165) is 18.7 Å². The van der Waals surface area contributed by atoms with Crippen LogP contribution in [0.5, 0.6) is 0 Å². The monoisotopic (exact) mass is 230 g/mol. The van der Waals surface area contributed by atoms with Crippen molar-refractivity contribution in [2.75, 3.05) is 13.1 Å². The Kier molecular flexibility index (Phi) is 3.91. The zero-order valence-electron chi connectivity index (χ0n) is 10.2. The summed E-state index contributed by atoms with van der Waals surface area (Å²) in [4.78, 5) is 11.7. The molecule has 0 amide bonds. The van der Waals surface area contributed by atoms with Crippen molar-refractivity contribution in [2.45, 2.75) is 26.2 Å². The van der Waals surface area contributed by atoms with Crippen LogP contribution in [0.4, 0.5) is 0 Å². The van der Waals surface area contributed by atoms with Gasteiger partial charge in [-0.2, -0.15) is 5.10 Å². The Morgan fingerprint density at radius 2 is 1.76 bits per heavy atom. The van der Waals surface area contributed by atoms with Gasteiger partial charge in [0.05, 0.1) is 0 Å². The molecule has 1 aromatic carbocycles. The van der Waals surface area contributed by atoms with Gasteiger partial charge in [0.1, 0.15) is 5.71 Å². The third-order valence-electron chi connectivity index (χ3n) is 2.95. The average Bonchev–Trinajstić information content (AvgIpc) is 2.38. The van der Waals surface area contributed by atoms with Crippen molar-refractivity contribution in [3.05, 3.63) is 35.9 Å². The topological polar surface area (TPSA) is 32.7 Å². The first kappa shape index (κ1) is 11.8. The van der Waals surface area contributed by atoms with Crippen LogP contribution < -0.4 is 0 Å². The van der Waals surface area contributed by atoms with Crippen LogP contribution in [0, 0.1) is 0 Å². The SMILES string of the molecule is CC(=O)/C(=N\N1CCCCC1)c1ccccc1. The summed E-state index contributed by atoms with van der Waals surface area (Å²) in [5.74, 6) is 0.0294. The Labute approximate surface area is 102 Å². The number of carbonyl (C=O) groups is 1. The first-order chi connectivity index (χ1) is 8.27. The van der Waals surface area contributed by atoms with E-state index in [9.17, 15) is 4.79 Å². The van der Waals surface area contributed by atoms with Crippen LogP contribution in [-0.4, -0.2) is 29.6 Å². The summed E-state index contributed by atoms with van der Waals surface area (Å²) >= 11 is 0. The molecule has 0 spiro atoms. The van der Waals surface area contributed by atoms with Gasteiger partial charge in [0.15, 0.2) is 5.78 Å². The molecule has 1 fully saturated rings. The normalized spacial score (nSPS) is 17.0. The van der Waals surface area contributed by atoms with E-state index in [1.54, 1.807) is 6.92 Å². The maximum atomic E-state index is 11.7. The Hall–Kier alpha value is -1.64. The van der Waals surface area contributed by atoms with Crippen LogP contribution >= 0.6 is 0 Å². The highest BCUT2D eigenvalue weighted by Gasteiger charge is 2.13. The fourth-order valence-electron chi connectivity index (χ4n) is 2.05. The molecule has 0 unspecified atom stereocenters. The molecule has 0 N–H and O–H groups in total. The number of hydrazone groups is 1. The lowest BCUT2D eigenvalue weighted by molar-refractivity contribution is -0.111. The standard InChI is InChI=1S/C14H18N2O/c1-12(17)14(13-8-4-2-5-9-13)15-16-10-6-3-7-11-16/h2,4-5,8-9H,3,6-7,10-11H2,1H3/b15-14+. The number of hydrogen-bond donors (Lipinski definition) is 0. The Morgan fingerprint density at radius 3 is 2.35 bits per heavy atom. The van der Waals surface area contributed by atoms with E-state index >= 15 is 0 Å². The second-order valence-electron chi connectivity index (χ2n) is 4.39. The van der Waals surface area contributed by atoms with Gasteiger partial charge in [-0.3, -0.25) is 9.80 Å². The molecule has 17 heavy (non-hydrogen) atoms. The van der Waals surface area contributed by atoms with Gasteiger partial charge >= 0.3 is 0 Å². The molecule has 1 heterocycles. The number of nitrogens with zero attached hydrogens (tertiary/aromatic N) is 2. The van der Waals surface area contributed by atoms with Crippen molar-refractivity contribution in [3.8, 4) is 0 Å². The number of piperidine rings is 1. The first-order valence-corrected chi connectivity index (χ1v) is 6.17. The summed E-state index contributed by atoms with van der Waals surface area (Å²) in [7, 11) is 0. The molecule has 2 rings (SSSR count). The maximum absolute atomic E-state index is 11.7. The minimum Gasteiger partial charge on any atom is -0.296 e. The van der Waals surface area contributed by atoms with Gasteiger partial charge in [-0.25, -0.2) is 0 Å². The molecular weight excluding hydrogens is 212 g/mol. The van der Waals surface area contributed by atoms with Crippen LogP contribution in [0.3, 0.4) is 0 Å². The molecule has 1 aromatic rings. The van der Waals surface area contributed by atoms with Crippen LogP contribution in [0.1, 0.15) is 31.7 Å². The average molecular weight is 230 g/mol. The van der Waals surface area contributed by atoms with Crippen molar-refractivity contribution in [3.63, 3.8) is 0 Å². The maximum Gasteiger partial charge on any atom is 0.180 e. The predicted molar refractivity (Wildman–Crippen MR) is 69.1 cm³/mol. The summed E-state index contributed by atoms with van der Waals surface area (Å²) in [6.07, 6.45) is 3.61. The molecule has 0 saturated carbocycles. The van der Waals surface area contributed by atoms with Crippen molar-refractivity contribution in [1.29, 1.82) is 0 Å². The van der Waals surface area contributed by atoms with E-state index in [1.807, 2.05) is 35.3 Å². The number of rotatable bonds is 3. The van der Waals surface area contributed by atoms with E-state index < -0.39 is 0 Å². The number of hydrogen-bond acceptors (Lipinski definition) is 3. The predicted octanol–water partition coefficient (Wildman–Crippen LogP) is 2.47. The molecule has 90 valence electrons. The molecule has 3 heteroatoms. The molecule has 1 aliphatic heterocycles. The zero-order chi connectivity index (χ0) is 12.1. The molecule has 1 aliphatic rings. The Balaban J connectivity index is 2.22. The van der Waals surface area contributed by atoms with Gasteiger partial charge in [-0.1, -0.05) is 30.3 Å². The molecule has 0 atom stereocenters. The third-order valence-corrected chi connectivity index (χ3v) is 2.95. The van der Waals surface area contributed by atoms with E-state index in [-0.39, 0.29) is 5.78 Å². The van der Waals surface area contributed by atoms with Gasteiger partial charge in [0.2, 0.25) is 0 Å². The largest absolute Gasteiger partial charge is 0.296 e. The molecule has 1 saturated heterocycles. The van der Waals surface area contributed by atoms with Crippen molar-refractivity contribution in [2.24, 2.45) is 5.10 Å². The smallest absolute Gasteiger partial charge is 0.180 e. The number of Topliss-reactive ketones (excluding diaryl/α,β-unsaturated/α-hetero) is 1. The fourth-order valence-corrected chi connectivity index (χ4v) is 2.05. The van der Waals surface area contributed by atoms with Crippen molar-refractivity contribution < 1.29 is 4.79 Å². The van der Waals surface area contributed by atoms with Crippen LogP contribution in [-0.2, 0) is 4.79 Å². The molecule has 0 aliphatic carbocycles. The lowest BCUT2D eigenvalue weighted by atomic mass is 10.1. The van der Waals surface area contributed by atoms with E-state index in [4.69, 9.17) is 0 Å². The van der Waals surface area contributed by atoms with Gasteiger partial charge in [-0.05, 0) is 19.3 Å². The fraction of sp³-hybridized carbons (Fsp3) is 0.429. The quantitative estimate of drug-likeness (QED) is 0.747. The van der Waals surface area contributed by atoms with Gasteiger partial charge in [0.25, 0.3) is 0 Å². The second kappa shape index (κ2) is 5.62. The molecule has 0 aromatic heterocycles.